The number of hydrogen-bond donors (Lipinski definition) is 0. The lowest BCUT2D eigenvalue weighted by molar-refractivity contribution is 0.405. The number of aryl methyl sites for hydroxylation is 4. The van der Waals surface area contributed by atoms with Gasteiger partial charge in [0.2, 0.25) is 0 Å². The van der Waals surface area contributed by atoms with E-state index in [9.17, 15) is 0 Å². The second kappa shape index (κ2) is 38.9. The molecule has 0 atom stereocenters. The van der Waals surface area contributed by atoms with Crippen molar-refractivity contribution in [2.24, 2.45) is 43.3 Å². The Balaban J connectivity index is 0.000000574. The summed E-state index contributed by atoms with van der Waals surface area (Å²) in [5.74, 6) is 26.2. The van der Waals surface area contributed by atoms with Gasteiger partial charge in [-0.2, -0.15) is 0 Å². The molecule has 484 valence electrons. The van der Waals surface area contributed by atoms with Crippen LogP contribution >= 0.6 is 0 Å². The lowest BCUT2D eigenvalue weighted by atomic mass is 9.91. The van der Waals surface area contributed by atoms with Crippen molar-refractivity contribution >= 4 is 0 Å². The highest BCUT2D eigenvalue weighted by Crippen LogP contribution is 2.23. The van der Waals surface area contributed by atoms with Crippen LogP contribution in [0.2, 0.25) is 0 Å². The van der Waals surface area contributed by atoms with Gasteiger partial charge in [0.05, 0.1) is 22.8 Å². The first kappa shape index (κ1) is 78.8. The summed E-state index contributed by atoms with van der Waals surface area (Å²) in [4.78, 5) is 0. The molecule has 0 aliphatic heterocycles. The summed E-state index contributed by atoms with van der Waals surface area (Å²) in [6.07, 6.45) is 33.2. The van der Waals surface area contributed by atoms with E-state index in [1.54, 1.807) is 0 Å². The number of rotatable bonds is 26. The molecule has 12 nitrogen and oxygen atoms in total. The normalized spacial score (nSPS) is 12.1. The molecular formula is C74H128N12. The molecule has 12 heteroatoms. The van der Waals surface area contributed by atoms with Gasteiger partial charge in [-0.15, -0.1) is 44.1 Å². The third-order valence-corrected chi connectivity index (χ3v) is 12.3. The first-order valence-corrected chi connectivity index (χ1v) is 33.2. The van der Waals surface area contributed by atoms with Crippen LogP contribution in [0.1, 0.15) is 305 Å². The van der Waals surface area contributed by atoms with E-state index in [-0.39, 0.29) is 43.3 Å². The average molecular weight is 1190 g/mol. The third-order valence-electron chi connectivity index (χ3n) is 12.3. The van der Waals surface area contributed by atoms with Crippen LogP contribution in [-0.4, -0.2) is 60.0 Å². The molecule has 86 heavy (non-hydrogen) atoms. The summed E-state index contributed by atoms with van der Waals surface area (Å²) in [6.45, 7) is 56.5. The van der Waals surface area contributed by atoms with Gasteiger partial charge in [0.25, 0.3) is 0 Å². The monoisotopic (exact) mass is 1190 g/mol. The topological polar surface area (TPSA) is 123 Å². The molecule has 0 radical (unpaired) electrons. The molecule has 4 aromatic heterocycles. The van der Waals surface area contributed by atoms with Gasteiger partial charge in [-0.05, 0) is 182 Å². The molecule has 0 unspecified atom stereocenters. The Morgan fingerprint density at radius 3 is 0.640 bits per heavy atom. The summed E-state index contributed by atoms with van der Waals surface area (Å²) in [5, 5.41) is 33.9. The first-order chi connectivity index (χ1) is 39.6. The van der Waals surface area contributed by atoms with E-state index in [0.29, 0.717) is 0 Å². The van der Waals surface area contributed by atoms with Crippen molar-refractivity contribution < 1.29 is 0 Å². The molecule has 0 aromatic carbocycles. The van der Waals surface area contributed by atoms with E-state index in [1.165, 1.54) is 70.6 Å². The van der Waals surface area contributed by atoms with Crippen molar-refractivity contribution in [3.8, 4) is 47.4 Å². The SMILES string of the molecule is CC(C)(C)C#CCCCCCCCn1cc(CC(C)(C)C)nn1.CC(C)(C)C#CCCCCCCn1cc(CC(C)(C)C)nn1.CC(C)(C)C#CCCCCCn1cc(CC(C)(C)C)nn1.CC(C)(C)C#CCCCCn1cc(CC(C)(C)C)nn1. The van der Waals surface area contributed by atoms with E-state index >= 15 is 0 Å². The highest BCUT2D eigenvalue weighted by Gasteiger charge is 2.17. The van der Waals surface area contributed by atoms with Gasteiger partial charge in [0.15, 0.2) is 0 Å². The standard InChI is InChI=1S/C20H35N3.C19H33N3.C18H31N3.C17H29N3/c1-19(2,3)14-12-10-8-7-9-11-13-15-23-17-18(21-22-23)16-20(4,5)6;1-18(2,3)13-11-9-7-8-10-12-14-22-16-17(20-21-22)15-19(4,5)6;1-17(2,3)12-10-8-7-9-11-13-21-15-16(19-20-21)14-18(4,5)6;1-16(2,3)11-9-7-8-10-12-20-14-15(18-19-20)13-17(4,5)6/h17H,7-11,13,15-16H2,1-6H3;16H,7-10,12,14-15H2,1-6H3;15H,7-9,11,13-14H2,1-6H3;14H,7-8,10,12-13H2,1-6H3. The van der Waals surface area contributed by atoms with Gasteiger partial charge in [-0.1, -0.05) is 166 Å². The predicted molar refractivity (Wildman–Crippen MR) is 365 cm³/mol. The van der Waals surface area contributed by atoms with Crippen LogP contribution in [0.5, 0.6) is 0 Å². The van der Waals surface area contributed by atoms with Crippen LogP contribution in [0.4, 0.5) is 0 Å². The van der Waals surface area contributed by atoms with Crippen LogP contribution in [0.3, 0.4) is 0 Å². The fraction of sp³-hybridized carbons (Fsp3) is 0.784. The largest absolute Gasteiger partial charge is 0.252 e. The maximum atomic E-state index is 4.27. The fourth-order valence-corrected chi connectivity index (χ4v) is 8.61. The van der Waals surface area contributed by atoms with Crippen molar-refractivity contribution in [2.45, 2.75) is 334 Å². The Hall–Kier alpha value is -5.20. The van der Waals surface area contributed by atoms with Crippen LogP contribution in [0.25, 0.3) is 0 Å². The van der Waals surface area contributed by atoms with Gasteiger partial charge in [0.1, 0.15) is 0 Å². The smallest absolute Gasteiger partial charge is 0.0832 e. The summed E-state index contributed by atoms with van der Waals surface area (Å²) in [5.41, 5.74) is 6.00. The van der Waals surface area contributed by atoms with E-state index in [2.05, 4.69) is 280 Å². The minimum Gasteiger partial charge on any atom is -0.252 e. The molecule has 0 saturated heterocycles. The van der Waals surface area contributed by atoms with Gasteiger partial charge >= 0.3 is 0 Å². The summed E-state index contributed by atoms with van der Waals surface area (Å²) in [7, 11) is 0. The van der Waals surface area contributed by atoms with Crippen molar-refractivity contribution in [3.05, 3.63) is 47.6 Å². The van der Waals surface area contributed by atoms with E-state index in [1.807, 2.05) is 18.7 Å². The van der Waals surface area contributed by atoms with Crippen molar-refractivity contribution in [1.82, 2.24) is 60.0 Å². The van der Waals surface area contributed by atoms with Crippen molar-refractivity contribution in [3.63, 3.8) is 0 Å². The summed E-state index contributed by atoms with van der Waals surface area (Å²) >= 11 is 0. The molecule has 0 N–H and O–H groups in total. The molecule has 4 heterocycles. The average Bonchev–Trinajstić information content (AvgIpc) is 4.29. The van der Waals surface area contributed by atoms with Crippen LogP contribution in [0, 0.1) is 90.7 Å². The molecule has 4 rings (SSSR count). The highest BCUT2D eigenvalue weighted by molar-refractivity contribution is 5.09. The van der Waals surface area contributed by atoms with Crippen LogP contribution in [0.15, 0.2) is 24.8 Å². The minimum absolute atomic E-state index is 0.119. The van der Waals surface area contributed by atoms with E-state index in [0.717, 1.165) is 120 Å². The predicted octanol–water partition coefficient (Wildman–Crippen LogP) is 18.7. The summed E-state index contributed by atoms with van der Waals surface area (Å²) in [6, 6.07) is 0. The third kappa shape index (κ3) is 50.9. The van der Waals surface area contributed by atoms with Crippen molar-refractivity contribution in [2.75, 3.05) is 0 Å². The van der Waals surface area contributed by atoms with Crippen LogP contribution < -0.4 is 0 Å². The van der Waals surface area contributed by atoms with Crippen molar-refractivity contribution in [1.29, 1.82) is 0 Å². The Bertz CT molecular complexity index is 2670. The van der Waals surface area contributed by atoms with Crippen LogP contribution in [-0.2, 0) is 51.9 Å². The zero-order valence-electron chi connectivity index (χ0n) is 60.1. The second-order valence-electron chi connectivity index (χ2n) is 33.0. The van der Waals surface area contributed by atoms with E-state index < -0.39 is 0 Å². The number of hydrogen-bond acceptors (Lipinski definition) is 8. The maximum Gasteiger partial charge on any atom is 0.0832 e. The van der Waals surface area contributed by atoms with E-state index in [4.69, 9.17) is 0 Å². The van der Waals surface area contributed by atoms with Gasteiger partial charge in [0, 0.05) is 98.3 Å². The molecule has 0 aliphatic carbocycles. The highest BCUT2D eigenvalue weighted by atomic mass is 15.4. The Morgan fingerprint density at radius 2 is 0.430 bits per heavy atom. The molecule has 4 aromatic rings. The fourth-order valence-electron chi connectivity index (χ4n) is 8.61. The zero-order valence-corrected chi connectivity index (χ0v) is 60.1. The van der Waals surface area contributed by atoms with Gasteiger partial charge in [-0.25, -0.2) is 0 Å². The quantitative estimate of drug-likeness (QED) is 0.0450. The number of unbranched alkanes of at least 4 members (excludes halogenated alkanes) is 14. The maximum absolute atomic E-state index is 4.27. The first-order valence-electron chi connectivity index (χ1n) is 33.2. The Kier molecular flexibility index (Phi) is 35.7. The minimum atomic E-state index is 0.119. The zero-order chi connectivity index (χ0) is 65.1. The molecular weight excluding hydrogens is 1060 g/mol. The molecule has 0 bridgehead atoms. The number of nitrogens with zero attached hydrogens (tertiary/aromatic N) is 12. The Labute approximate surface area is 529 Å². The second-order valence-corrected chi connectivity index (χ2v) is 33.0. The van der Waals surface area contributed by atoms with Gasteiger partial charge in [-0.3, -0.25) is 18.7 Å². The molecule has 0 amide bonds. The lowest BCUT2D eigenvalue weighted by Crippen LogP contribution is -2.09. The molecule has 0 spiro atoms. The van der Waals surface area contributed by atoms with Gasteiger partial charge < -0.3 is 0 Å². The Morgan fingerprint density at radius 1 is 0.256 bits per heavy atom. The molecule has 0 aliphatic rings. The summed E-state index contributed by atoms with van der Waals surface area (Å²) < 4.78 is 7.91. The molecule has 0 fully saturated rings. The lowest BCUT2D eigenvalue weighted by Gasteiger charge is -2.15. The molecule has 0 saturated carbocycles. The number of aromatic nitrogens is 12.